The van der Waals surface area contributed by atoms with Gasteiger partial charge in [-0.3, -0.25) is 15.1 Å². The number of anilines is 1. The highest BCUT2D eigenvalue weighted by Crippen LogP contribution is 2.33. The molecular formula is C28H27N7. The molecule has 0 radical (unpaired) electrons. The topological polar surface area (TPSA) is 86.4 Å². The van der Waals surface area contributed by atoms with Gasteiger partial charge in [-0.25, -0.2) is 4.98 Å². The van der Waals surface area contributed by atoms with Gasteiger partial charge in [0.2, 0.25) is 0 Å². The molecule has 5 rings (SSSR count). The van der Waals surface area contributed by atoms with Crippen molar-refractivity contribution in [2.45, 2.75) is 13.8 Å². The number of aromatic nitrogens is 6. The second-order valence-corrected chi connectivity index (χ2v) is 8.55. The number of aromatic amines is 2. The molecule has 0 bridgehead atoms. The quantitative estimate of drug-likeness (QED) is 0.313. The Bertz CT molecular complexity index is 1540. The van der Waals surface area contributed by atoms with Crippen molar-refractivity contribution in [2.75, 3.05) is 19.0 Å². The molecule has 7 nitrogen and oxygen atoms in total. The minimum absolute atomic E-state index is 0.785. The summed E-state index contributed by atoms with van der Waals surface area (Å²) < 4.78 is 0. The molecule has 0 atom stereocenters. The van der Waals surface area contributed by atoms with Crippen molar-refractivity contribution in [1.29, 1.82) is 0 Å². The third-order valence-corrected chi connectivity index (χ3v) is 5.95. The lowest BCUT2D eigenvalue weighted by molar-refractivity contribution is 1.11. The van der Waals surface area contributed by atoms with Gasteiger partial charge in [-0.05, 0) is 61.4 Å². The maximum Gasteiger partial charge on any atom is 0.135 e. The van der Waals surface area contributed by atoms with Crippen LogP contribution in [0.1, 0.15) is 23.7 Å². The first kappa shape index (κ1) is 22.3. The van der Waals surface area contributed by atoms with Gasteiger partial charge >= 0.3 is 0 Å². The van der Waals surface area contributed by atoms with Crippen LogP contribution in [-0.2, 0) is 0 Å². The molecule has 7 heteroatoms. The second-order valence-electron chi connectivity index (χ2n) is 8.55. The predicted octanol–water partition coefficient (Wildman–Crippen LogP) is 5.79. The Hall–Kier alpha value is -4.52. The van der Waals surface area contributed by atoms with Gasteiger partial charge in [-0.1, -0.05) is 18.2 Å². The van der Waals surface area contributed by atoms with Gasteiger partial charge in [0.1, 0.15) is 11.2 Å². The zero-order valence-corrected chi connectivity index (χ0v) is 20.2. The number of fused-ring (bicyclic) bond motifs is 1. The Balaban J connectivity index is 1.60. The zero-order valence-electron chi connectivity index (χ0n) is 20.2. The van der Waals surface area contributed by atoms with Crippen LogP contribution in [0.2, 0.25) is 0 Å². The van der Waals surface area contributed by atoms with Gasteiger partial charge in [0.15, 0.2) is 0 Å². The molecule has 0 saturated heterocycles. The molecule has 5 aromatic rings. The van der Waals surface area contributed by atoms with E-state index in [2.05, 4.69) is 56.4 Å². The van der Waals surface area contributed by atoms with E-state index in [0.717, 1.165) is 61.8 Å². The first-order valence-corrected chi connectivity index (χ1v) is 11.5. The third kappa shape index (κ3) is 4.36. The lowest BCUT2D eigenvalue weighted by Crippen LogP contribution is -2.08. The number of hydrogen-bond donors (Lipinski definition) is 2. The van der Waals surface area contributed by atoms with Crippen LogP contribution in [0.3, 0.4) is 0 Å². The average molecular weight is 462 g/mol. The molecule has 5 heterocycles. The Morgan fingerprint density at radius 1 is 1.00 bits per heavy atom. The van der Waals surface area contributed by atoms with Crippen LogP contribution < -0.4 is 4.90 Å². The van der Waals surface area contributed by atoms with Gasteiger partial charge < -0.3 is 9.88 Å². The summed E-state index contributed by atoms with van der Waals surface area (Å²) in [6, 6.07) is 12.3. The van der Waals surface area contributed by atoms with Crippen molar-refractivity contribution < 1.29 is 0 Å². The standard InChI is InChI=1S/C28H27N7/c1-5-6-7-22(19-10-12-29-13-11-19)23-15-26(31-18(23)2)28-27-25(33-34-28)9-8-24(32-27)20-14-21(35(3)4)17-30-16-20/h5-17,31H,1-4H3,(H,33,34)/b6-5-,22-7-. The highest BCUT2D eigenvalue weighted by molar-refractivity contribution is 5.92. The summed E-state index contributed by atoms with van der Waals surface area (Å²) in [6.45, 7) is 4.09. The van der Waals surface area contributed by atoms with Gasteiger partial charge in [0.05, 0.1) is 28.8 Å². The van der Waals surface area contributed by atoms with Crippen molar-refractivity contribution in [1.82, 2.24) is 30.1 Å². The van der Waals surface area contributed by atoms with Gasteiger partial charge in [0.25, 0.3) is 0 Å². The van der Waals surface area contributed by atoms with E-state index in [9.17, 15) is 0 Å². The highest BCUT2D eigenvalue weighted by atomic mass is 15.1. The molecular weight excluding hydrogens is 434 g/mol. The van der Waals surface area contributed by atoms with E-state index in [1.807, 2.05) is 81.0 Å². The van der Waals surface area contributed by atoms with Crippen molar-refractivity contribution in [3.8, 4) is 22.6 Å². The van der Waals surface area contributed by atoms with E-state index in [0.29, 0.717) is 0 Å². The minimum atomic E-state index is 0.785. The number of nitrogens with zero attached hydrogens (tertiary/aromatic N) is 5. The Kier molecular flexibility index (Phi) is 5.97. The SMILES string of the molecule is C/C=C\C=C(\c1ccncc1)c1cc(-c2n[nH]c3ccc(-c4cncc(N(C)C)c4)nc23)[nH]c1C. The maximum atomic E-state index is 4.97. The average Bonchev–Trinajstić information content (AvgIpc) is 3.48. The molecule has 0 unspecified atom stereocenters. The first-order chi connectivity index (χ1) is 17.0. The van der Waals surface area contributed by atoms with Crippen LogP contribution in [0.25, 0.3) is 39.3 Å². The molecule has 174 valence electrons. The van der Waals surface area contributed by atoms with Crippen molar-refractivity contribution in [2.24, 2.45) is 0 Å². The Morgan fingerprint density at radius 2 is 1.83 bits per heavy atom. The lowest BCUT2D eigenvalue weighted by atomic mass is 9.98. The molecule has 0 fully saturated rings. The van der Waals surface area contributed by atoms with E-state index in [1.54, 1.807) is 0 Å². The zero-order chi connectivity index (χ0) is 24.4. The van der Waals surface area contributed by atoms with Gasteiger partial charge in [-0.15, -0.1) is 0 Å². The fourth-order valence-corrected chi connectivity index (χ4v) is 4.09. The number of rotatable bonds is 6. The lowest BCUT2D eigenvalue weighted by Gasteiger charge is -2.12. The molecule has 2 N–H and O–H groups in total. The second kappa shape index (κ2) is 9.38. The Morgan fingerprint density at radius 3 is 2.60 bits per heavy atom. The number of nitrogens with one attached hydrogen (secondary N) is 2. The Labute approximate surface area is 204 Å². The fourth-order valence-electron chi connectivity index (χ4n) is 4.09. The number of aryl methyl sites for hydroxylation is 1. The number of H-pyrrole nitrogens is 2. The summed E-state index contributed by atoms with van der Waals surface area (Å²) in [4.78, 5) is 19.1. The van der Waals surface area contributed by atoms with E-state index in [4.69, 9.17) is 4.98 Å². The predicted molar refractivity (Wildman–Crippen MR) is 142 cm³/mol. The van der Waals surface area contributed by atoms with Crippen LogP contribution in [0.4, 0.5) is 5.69 Å². The fraction of sp³-hybridized carbons (Fsp3) is 0.143. The van der Waals surface area contributed by atoms with E-state index in [1.165, 1.54) is 0 Å². The van der Waals surface area contributed by atoms with Crippen molar-refractivity contribution in [3.05, 3.63) is 96.2 Å². The summed E-state index contributed by atoms with van der Waals surface area (Å²) in [6.07, 6.45) is 13.5. The molecule has 0 aliphatic rings. The van der Waals surface area contributed by atoms with Crippen molar-refractivity contribution in [3.63, 3.8) is 0 Å². The van der Waals surface area contributed by atoms with E-state index >= 15 is 0 Å². The largest absolute Gasteiger partial charge is 0.376 e. The maximum absolute atomic E-state index is 4.97. The van der Waals surface area contributed by atoms with Crippen LogP contribution in [0.15, 0.2) is 79.4 Å². The summed E-state index contributed by atoms with van der Waals surface area (Å²) in [5, 5.41) is 7.74. The van der Waals surface area contributed by atoms with Crippen LogP contribution >= 0.6 is 0 Å². The van der Waals surface area contributed by atoms with Gasteiger partial charge in [0, 0.05) is 49.5 Å². The molecule has 0 aliphatic carbocycles. The van der Waals surface area contributed by atoms with Gasteiger partial charge in [-0.2, -0.15) is 5.10 Å². The first-order valence-electron chi connectivity index (χ1n) is 11.5. The van der Waals surface area contributed by atoms with Crippen molar-refractivity contribution >= 4 is 22.3 Å². The van der Waals surface area contributed by atoms with E-state index < -0.39 is 0 Å². The number of allylic oxidation sites excluding steroid dienone is 3. The van der Waals surface area contributed by atoms with Crippen LogP contribution in [0.5, 0.6) is 0 Å². The third-order valence-electron chi connectivity index (χ3n) is 5.95. The van der Waals surface area contributed by atoms with Crippen LogP contribution in [0, 0.1) is 6.92 Å². The molecule has 0 aromatic carbocycles. The molecule has 0 saturated carbocycles. The summed E-state index contributed by atoms with van der Waals surface area (Å²) in [5.41, 5.74) is 10.6. The summed E-state index contributed by atoms with van der Waals surface area (Å²) in [7, 11) is 4.00. The normalized spacial score (nSPS) is 12.1. The molecule has 0 spiro atoms. The molecule has 0 aliphatic heterocycles. The summed E-state index contributed by atoms with van der Waals surface area (Å²) >= 11 is 0. The molecule has 35 heavy (non-hydrogen) atoms. The number of pyridine rings is 3. The molecule has 0 amide bonds. The minimum Gasteiger partial charge on any atom is -0.376 e. The number of hydrogen-bond acceptors (Lipinski definition) is 5. The summed E-state index contributed by atoms with van der Waals surface area (Å²) in [5.74, 6) is 0. The highest BCUT2D eigenvalue weighted by Gasteiger charge is 2.17. The van der Waals surface area contributed by atoms with Crippen LogP contribution in [-0.4, -0.2) is 44.2 Å². The monoisotopic (exact) mass is 461 g/mol. The molecule has 5 aromatic heterocycles. The smallest absolute Gasteiger partial charge is 0.135 e. The van der Waals surface area contributed by atoms with E-state index in [-0.39, 0.29) is 0 Å².